The van der Waals surface area contributed by atoms with E-state index in [0.29, 0.717) is 53.5 Å². The van der Waals surface area contributed by atoms with Crippen molar-refractivity contribution in [3.05, 3.63) is 163 Å². The molecule has 2 aliphatic heterocycles. The first-order chi connectivity index (χ1) is 28.2. The van der Waals surface area contributed by atoms with Crippen molar-refractivity contribution >= 4 is 64.6 Å². The van der Waals surface area contributed by atoms with Crippen molar-refractivity contribution in [2.45, 2.75) is 59.2 Å². The molecule has 4 aromatic carbocycles. The molecule has 0 radical (unpaired) electrons. The number of carbonyl (C=O) groups is 3. The third-order valence-electron chi connectivity index (χ3n) is 10.9. The minimum atomic E-state index is -0.475. The number of benzene rings is 4. The lowest BCUT2D eigenvalue weighted by molar-refractivity contribution is -0.121. The number of amides is 2. The molecule has 312 valence electrons. The largest absolute Gasteiger partial charge is 0.326 e. The Labute approximate surface area is 363 Å². The highest BCUT2D eigenvalue weighted by atomic mass is 35.5. The molecular formula is C45H44Cl3F2N7O3. The van der Waals surface area contributed by atoms with Crippen molar-refractivity contribution in [2.24, 2.45) is 25.7 Å². The summed E-state index contributed by atoms with van der Waals surface area (Å²) >= 11 is 12.4. The quantitative estimate of drug-likeness (QED) is 0.171. The summed E-state index contributed by atoms with van der Waals surface area (Å²) < 4.78 is 32.6. The van der Waals surface area contributed by atoms with Crippen LogP contribution in [0.2, 0.25) is 10.0 Å². The number of hydrogen-bond acceptors (Lipinski definition) is 6. The van der Waals surface area contributed by atoms with E-state index in [1.54, 1.807) is 63.3 Å². The van der Waals surface area contributed by atoms with E-state index in [9.17, 15) is 23.2 Å². The number of halogens is 5. The third kappa shape index (κ3) is 9.17. The SMILES string of the molecule is CC(C)C(=O)CCc1ccc(C(=O)N2Cc3cnn(C)c3Cc3cc(Cl)ccc32)cc1F.Cl.Cn1ncc2c1Cc1cc(Cl)ccc1N(C(=O)c1ccc(CN)c(F)c1)C2. The summed E-state index contributed by atoms with van der Waals surface area (Å²) in [4.78, 5) is 41.9. The molecule has 2 N–H and O–H groups in total. The molecule has 0 unspecified atom stereocenters. The summed E-state index contributed by atoms with van der Waals surface area (Å²) in [6.07, 6.45) is 5.35. The lowest BCUT2D eigenvalue weighted by Gasteiger charge is -2.23. The van der Waals surface area contributed by atoms with Crippen LogP contribution in [0, 0.1) is 17.6 Å². The molecule has 2 amide bonds. The zero-order chi connectivity index (χ0) is 42.1. The number of aryl methyl sites for hydroxylation is 3. The first-order valence-electron chi connectivity index (χ1n) is 19.2. The topological polar surface area (TPSA) is 119 Å². The highest BCUT2D eigenvalue weighted by Crippen LogP contribution is 2.35. The Morgan fingerprint density at radius 1 is 0.683 bits per heavy atom. The van der Waals surface area contributed by atoms with Gasteiger partial charge in [-0.1, -0.05) is 49.2 Å². The number of anilines is 2. The Bertz CT molecular complexity index is 2610. The lowest BCUT2D eigenvalue weighted by Crippen LogP contribution is -2.30. The van der Waals surface area contributed by atoms with E-state index in [1.807, 2.05) is 56.9 Å². The molecule has 60 heavy (non-hydrogen) atoms. The van der Waals surface area contributed by atoms with Crippen molar-refractivity contribution in [1.82, 2.24) is 19.6 Å². The van der Waals surface area contributed by atoms with Gasteiger partial charge < -0.3 is 15.5 Å². The Hall–Kier alpha value is -5.40. The Balaban J connectivity index is 0.000000200. The number of fused-ring (bicyclic) bond motifs is 4. The van der Waals surface area contributed by atoms with E-state index in [-0.39, 0.29) is 60.0 Å². The number of aromatic nitrogens is 4. The predicted molar refractivity (Wildman–Crippen MR) is 232 cm³/mol. The highest BCUT2D eigenvalue weighted by molar-refractivity contribution is 6.31. The van der Waals surface area contributed by atoms with E-state index >= 15 is 0 Å². The third-order valence-corrected chi connectivity index (χ3v) is 11.4. The maximum absolute atomic E-state index is 14.8. The second kappa shape index (κ2) is 18.5. The average Bonchev–Trinajstić information content (AvgIpc) is 3.61. The van der Waals surface area contributed by atoms with Gasteiger partial charge in [0.05, 0.1) is 25.5 Å². The first-order valence-corrected chi connectivity index (χ1v) is 20.0. The fourth-order valence-corrected chi connectivity index (χ4v) is 7.87. The van der Waals surface area contributed by atoms with Crippen LogP contribution >= 0.6 is 35.6 Å². The monoisotopic (exact) mass is 873 g/mol. The van der Waals surface area contributed by atoms with Crippen LogP contribution in [0.1, 0.15) is 85.8 Å². The van der Waals surface area contributed by atoms with Gasteiger partial charge in [-0.3, -0.25) is 23.7 Å². The number of Topliss-reactive ketones (excluding diaryl/α,β-unsaturated/α-hetero) is 1. The standard InChI is InChI=1S/C25H25ClFN3O2.C20H18ClFN4O.ClH/c1-15(2)24(31)9-6-16-4-5-17(11-21(16)27)25(32)30-14-19-13-28-29(3)23(19)12-18-10-20(26)7-8-22(18)30;1-25-19-8-14-6-16(21)4-5-18(14)26(11-15(19)10-24-25)20(27)12-2-3-13(9-23)17(22)7-12;/h4-5,7-8,10-11,13,15H,6,9,12,14H2,1-3H3;2-7,10H,8-9,11,23H2,1H3;1H. The molecule has 8 rings (SSSR count). The summed E-state index contributed by atoms with van der Waals surface area (Å²) in [7, 11) is 3.75. The van der Waals surface area contributed by atoms with Crippen LogP contribution in [-0.4, -0.2) is 37.2 Å². The van der Waals surface area contributed by atoms with Crippen molar-refractivity contribution < 1.29 is 23.2 Å². The number of hydrogen-bond donors (Lipinski definition) is 1. The van der Waals surface area contributed by atoms with Crippen molar-refractivity contribution in [3.8, 4) is 0 Å². The number of carbonyl (C=O) groups excluding carboxylic acids is 3. The van der Waals surface area contributed by atoms with Crippen LogP contribution < -0.4 is 15.5 Å². The predicted octanol–water partition coefficient (Wildman–Crippen LogP) is 8.97. The number of nitrogens with two attached hydrogens (primary N) is 1. The smallest absolute Gasteiger partial charge is 0.258 e. The Morgan fingerprint density at radius 2 is 1.13 bits per heavy atom. The lowest BCUT2D eigenvalue weighted by atomic mass is 9.99. The summed E-state index contributed by atoms with van der Waals surface area (Å²) in [6.45, 7) is 4.45. The van der Waals surface area contributed by atoms with Gasteiger partial charge in [-0.05, 0) is 83.8 Å². The Morgan fingerprint density at radius 3 is 1.55 bits per heavy atom. The van der Waals surface area contributed by atoms with Gasteiger partial charge >= 0.3 is 0 Å². The van der Waals surface area contributed by atoms with Crippen LogP contribution in [0.5, 0.6) is 0 Å². The molecule has 2 aromatic heterocycles. The zero-order valence-corrected chi connectivity index (χ0v) is 35.8. The molecule has 4 heterocycles. The van der Waals surface area contributed by atoms with Crippen molar-refractivity contribution in [2.75, 3.05) is 9.80 Å². The van der Waals surface area contributed by atoms with Gasteiger partial charge in [0.1, 0.15) is 17.4 Å². The van der Waals surface area contributed by atoms with Gasteiger partial charge in [0.15, 0.2) is 0 Å². The fraction of sp³-hybridized carbons (Fsp3) is 0.267. The Kier molecular flexibility index (Phi) is 13.6. The van der Waals surface area contributed by atoms with E-state index in [4.69, 9.17) is 28.9 Å². The number of rotatable bonds is 7. The van der Waals surface area contributed by atoms with E-state index in [1.165, 1.54) is 12.1 Å². The van der Waals surface area contributed by atoms with Crippen LogP contribution in [0.15, 0.2) is 85.2 Å². The highest BCUT2D eigenvalue weighted by Gasteiger charge is 2.29. The molecule has 2 aliphatic rings. The van der Waals surface area contributed by atoms with Crippen LogP contribution in [0.25, 0.3) is 0 Å². The molecule has 0 spiro atoms. The van der Waals surface area contributed by atoms with Gasteiger partial charge in [0, 0.05) is 106 Å². The molecule has 10 nitrogen and oxygen atoms in total. The molecule has 0 saturated heterocycles. The molecule has 0 bridgehead atoms. The van der Waals surface area contributed by atoms with Crippen molar-refractivity contribution in [3.63, 3.8) is 0 Å². The van der Waals surface area contributed by atoms with Gasteiger partial charge in [0.25, 0.3) is 11.8 Å². The molecule has 0 aliphatic carbocycles. The minimum absolute atomic E-state index is 0. The first kappa shape index (κ1) is 44.2. The normalized spacial score (nSPS) is 12.8. The van der Waals surface area contributed by atoms with Gasteiger partial charge in [-0.2, -0.15) is 10.2 Å². The van der Waals surface area contributed by atoms with E-state index in [0.717, 1.165) is 45.0 Å². The van der Waals surface area contributed by atoms with E-state index < -0.39 is 11.6 Å². The summed E-state index contributed by atoms with van der Waals surface area (Å²) in [5.41, 5.74) is 14.2. The fourth-order valence-electron chi connectivity index (χ4n) is 7.48. The number of ketones is 1. The zero-order valence-electron chi connectivity index (χ0n) is 33.5. The maximum atomic E-state index is 14.8. The van der Waals surface area contributed by atoms with Crippen LogP contribution in [-0.2, 0) is 57.8 Å². The van der Waals surface area contributed by atoms with Gasteiger partial charge in [-0.15, -0.1) is 12.4 Å². The molecule has 0 saturated carbocycles. The van der Waals surface area contributed by atoms with Crippen LogP contribution in [0.3, 0.4) is 0 Å². The molecular weight excluding hydrogens is 831 g/mol. The van der Waals surface area contributed by atoms with Crippen LogP contribution in [0.4, 0.5) is 20.2 Å². The van der Waals surface area contributed by atoms with Crippen molar-refractivity contribution in [1.29, 1.82) is 0 Å². The molecule has 15 heteroatoms. The average molecular weight is 875 g/mol. The second-order valence-electron chi connectivity index (χ2n) is 15.1. The number of nitrogens with zero attached hydrogens (tertiary/aromatic N) is 6. The molecule has 0 fully saturated rings. The second-order valence-corrected chi connectivity index (χ2v) is 16.0. The molecule has 0 atom stereocenters. The van der Waals surface area contributed by atoms with Gasteiger partial charge in [-0.25, -0.2) is 8.78 Å². The maximum Gasteiger partial charge on any atom is 0.258 e. The summed E-state index contributed by atoms with van der Waals surface area (Å²) in [5.74, 6) is -1.51. The molecule has 6 aromatic rings. The summed E-state index contributed by atoms with van der Waals surface area (Å²) in [6, 6.07) is 19.8. The van der Waals surface area contributed by atoms with Gasteiger partial charge in [0.2, 0.25) is 0 Å². The minimum Gasteiger partial charge on any atom is -0.326 e. The van der Waals surface area contributed by atoms with E-state index in [2.05, 4.69) is 10.2 Å². The summed E-state index contributed by atoms with van der Waals surface area (Å²) in [5, 5.41) is 9.84.